The van der Waals surface area contributed by atoms with E-state index in [0.29, 0.717) is 10.4 Å². The molecule has 0 radical (unpaired) electrons. The first kappa shape index (κ1) is 14.5. The largest absolute Gasteiger partial charge is 0.397 e. The third-order valence-electron chi connectivity index (χ3n) is 3.02. The molecule has 4 nitrogen and oxygen atoms in total. The maximum Gasteiger partial charge on any atom is 0.251 e. The fourth-order valence-corrected chi connectivity index (χ4v) is 2.85. The molecule has 0 fully saturated rings. The number of hydrogen-bond donors (Lipinski definition) is 3. The van der Waals surface area contributed by atoms with E-state index in [1.807, 2.05) is 0 Å². The molecule has 0 saturated carbocycles. The number of nitrogens with two attached hydrogens (primary N) is 2. The molecule has 6 heteroatoms. The van der Waals surface area contributed by atoms with Gasteiger partial charge in [-0.25, -0.2) is 4.39 Å². The molecule has 0 bridgehead atoms. The van der Waals surface area contributed by atoms with E-state index in [9.17, 15) is 14.3 Å². The molecule has 1 aromatic carbocycles. The van der Waals surface area contributed by atoms with E-state index < -0.39 is 17.3 Å². The van der Waals surface area contributed by atoms with Crippen LogP contribution in [0.4, 0.5) is 10.1 Å². The number of carbonyl (C=O) groups excluding carboxylic acids is 1. The number of thiophene rings is 1. The summed E-state index contributed by atoms with van der Waals surface area (Å²) >= 11 is 1.16. The average molecular weight is 294 g/mol. The van der Waals surface area contributed by atoms with Crippen molar-refractivity contribution in [2.45, 2.75) is 19.4 Å². The number of amides is 1. The number of anilines is 1. The molecule has 0 unspecified atom stereocenters. The molecule has 106 valence electrons. The number of primary amides is 1. The van der Waals surface area contributed by atoms with E-state index in [4.69, 9.17) is 11.5 Å². The summed E-state index contributed by atoms with van der Waals surface area (Å²) in [5, 5.41) is 11.4. The lowest BCUT2D eigenvalue weighted by Crippen LogP contribution is -2.15. The van der Waals surface area contributed by atoms with Gasteiger partial charge in [0.2, 0.25) is 0 Å². The van der Waals surface area contributed by atoms with Crippen molar-refractivity contribution < 1.29 is 14.3 Å². The Morgan fingerprint density at radius 3 is 2.50 bits per heavy atom. The zero-order chi connectivity index (χ0) is 15.1. The van der Waals surface area contributed by atoms with Crippen LogP contribution >= 0.6 is 11.3 Å². The normalized spacial score (nSPS) is 11.6. The Bertz CT molecular complexity index is 674. The van der Waals surface area contributed by atoms with E-state index in [0.717, 1.165) is 11.3 Å². The summed E-state index contributed by atoms with van der Waals surface area (Å²) in [4.78, 5) is 11.6. The predicted octanol–water partition coefficient (Wildman–Crippen LogP) is 2.46. The van der Waals surface area contributed by atoms with Gasteiger partial charge in [-0.15, -0.1) is 11.3 Å². The zero-order valence-corrected chi connectivity index (χ0v) is 11.9. The molecule has 2 aromatic rings. The topological polar surface area (TPSA) is 89.3 Å². The van der Waals surface area contributed by atoms with Gasteiger partial charge in [0.05, 0.1) is 21.7 Å². The summed E-state index contributed by atoms with van der Waals surface area (Å²) in [5.41, 5.74) is 11.0. The van der Waals surface area contributed by atoms with Crippen LogP contribution in [0.3, 0.4) is 0 Å². The fourth-order valence-electron chi connectivity index (χ4n) is 1.85. The second-order valence-electron chi connectivity index (χ2n) is 5.01. The molecule has 0 atom stereocenters. The second kappa shape index (κ2) is 4.88. The molecular weight excluding hydrogens is 279 g/mol. The van der Waals surface area contributed by atoms with Crippen LogP contribution in [0.25, 0.3) is 10.4 Å². The van der Waals surface area contributed by atoms with Crippen LogP contribution in [0.2, 0.25) is 0 Å². The van der Waals surface area contributed by atoms with Gasteiger partial charge in [-0.1, -0.05) is 12.1 Å². The Balaban J connectivity index is 2.52. The van der Waals surface area contributed by atoms with Gasteiger partial charge < -0.3 is 16.6 Å². The first-order valence-electron chi connectivity index (χ1n) is 5.91. The number of nitrogen functional groups attached to an aromatic ring is 1. The van der Waals surface area contributed by atoms with Gasteiger partial charge in [0.1, 0.15) is 5.82 Å². The number of carbonyl (C=O) groups is 1. The van der Waals surface area contributed by atoms with Crippen LogP contribution in [0.5, 0.6) is 0 Å². The summed E-state index contributed by atoms with van der Waals surface area (Å²) in [6.45, 7) is 3.15. The van der Waals surface area contributed by atoms with Gasteiger partial charge in [-0.05, 0) is 25.5 Å². The Morgan fingerprint density at radius 1 is 1.40 bits per heavy atom. The van der Waals surface area contributed by atoms with Crippen LogP contribution in [0, 0.1) is 5.82 Å². The number of hydrogen-bond acceptors (Lipinski definition) is 4. The molecule has 1 heterocycles. The number of aliphatic hydroxyl groups is 1. The van der Waals surface area contributed by atoms with E-state index in [2.05, 4.69) is 0 Å². The van der Waals surface area contributed by atoms with Crippen molar-refractivity contribution in [2.24, 2.45) is 5.73 Å². The van der Waals surface area contributed by atoms with Crippen molar-refractivity contribution >= 4 is 22.9 Å². The first-order valence-corrected chi connectivity index (χ1v) is 6.79. The summed E-state index contributed by atoms with van der Waals surface area (Å²) in [7, 11) is 0. The number of benzene rings is 1. The molecule has 0 spiro atoms. The lowest BCUT2D eigenvalue weighted by Gasteiger charge is -2.18. The Hall–Kier alpha value is -1.92. The predicted molar refractivity (Wildman–Crippen MR) is 77.9 cm³/mol. The summed E-state index contributed by atoms with van der Waals surface area (Å²) in [6, 6.07) is 4.43. The molecule has 2 rings (SSSR count). The average Bonchev–Trinajstić information content (AvgIpc) is 2.70. The molecule has 0 aliphatic rings. The van der Waals surface area contributed by atoms with E-state index >= 15 is 0 Å². The van der Waals surface area contributed by atoms with Crippen molar-refractivity contribution in [2.75, 3.05) is 5.73 Å². The van der Waals surface area contributed by atoms with Crippen molar-refractivity contribution in [1.82, 2.24) is 0 Å². The third kappa shape index (κ3) is 2.52. The monoisotopic (exact) mass is 294 g/mol. The standard InChI is InChI=1S/C14H15FN2O2S/c1-14(2,19)7-3-4-8(10(15)5-7)12-11(16)9(6-20-12)13(17)18/h3-6,19H,16H2,1-2H3,(H2,17,18). The van der Waals surface area contributed by atoms with Crippen molar-refractivity contribution in [1.29, 1.82) is 0 Å². The highest BCUT2D eigenvalue weighted by molar-refractivity contribution is 7.14. The van der Waals surface area contributed by atoms with Crippen molar-refractivity contribution in [3.63, 3.8) is 0 Å². The molecule has 5 N–H and O–H groups in total. The van der Waals surface area contributed by atoms with Crippen LogP contribution < -0.4 is 11.5 Å². The summed E-state index contributed by atoms with van der Waals surface area (Å²) < 4.78 is 14.2. The fraction of sp³-hybridized carbons (Fsp3) is 0.214. The SMILES string of the molecule is CC(C)(O)c1ccc(-c2scc(C(N)=O)c2N)c(F)c1. The van der Waals surface area contributed by atoms with Crippen LogP contribution in [-0.2, 0) is 5.60 Å². The molecule has 0 saturated heterocycles. The van der Waals surface area contributed by atoms with Crippen molar-refractivity contribution in [3.8, 4) is 10.4 Å². The molecular formula is C14H15FN2O2S. The zero-order valence-electron chi connectivity index (χ0n) is 11.1. The maximum absolute atomic E-state index is 14.2. The van der Waals surface area contributed by atoms with Gasteiger partial charge in [0, 0.05) is 10.9 Å². The van der Waals surface area contributed by atoms with Crippen LogP contribution in [0.1, 0.15) is 29.8 Å². The van der Waals surface area contributed by atoms with Gasteiger partial charge in [-0.2, -0.15) is 0 Å². The lowest BCUT2D eigenvalue weighted by molar-refractivity contribution is 0.0782. The smallest absolute Gasteiger partial charge is 0.251 e. The number of rotatable bonds is 3. The van der Waals surface area contributed by atoms with Gasteiger partial charge in [0.25, 0.3) is 5.91 Å². The minimum atomic E-state index is -1.13. The van der Waals surface area contributed by atoms with Crippen molar-refractivity contribution in [3.05, 3.63) is 40.5 Å². The van der Waals surface area contributed by atoms with Gasteiger partial charge in [0.15, 0.2) is 0 Å². The molecule has 20 heavy (non-hydrogen) atoms. The van der Waals surface area contributed by atoms with Crippen LogP contribution in [0.15, 0.2) is 23.6 Å². The third-order valence-corrected chi connectivity index (χ3v) is 4.04. The Kier molecular flexibility index (Phi) is 3.54. The lowest BCUT2D eigenvalue weighted by atomic mass is 9.96. The highest BCUT2D eigenvalue weighted by Crippen LogP contribution is 2.37. The highest BCUT2D eigenvalue weighted by atomic mass is 32.1. The minimum Gasteiger partial charge on any atom is -0.397 e. The van der Waals surface area contributed by atoms with E-state index in [1.54, 1.807) is 19.9 Å². The first-order chi connectivity index (χ1) is 9.21. The van der Waals surface area contributed by atoms with Gasteiger partial charge >= 0.3 is 0 Å². The maximum atomic E-state index is 14.2. The van der Waals surface area contributed by atoms with E-state index in [-0.39, 0.29) is 16.8 Å². The summed E-state index contributed by atoms with van der Waals surface area (Å²) in [5.74, 6) is -1.15. The molecule has 1 amide bonds. The summed E-state index contributed by atoms with van der Waals surface area (Å²) in [6.07, 6.45) is 0. The second-order valence-corrected chi connectivity index (χ2v) is 5.89. The molecule has 1 aromatic heterocycles. The molecule has 0 aliphatic heterocycles. The van der Waals surface area contributed by atoms with Gasteiger partial charge in [-0.3, -0.25) is 4.79 Å². The Labute approximate surface area is 119 Å². The van der Waals surface area contributed by atoms with Crippen LogP contribution in [-0.4, -0.2) is 11.0 Å². The molecule has 0 aliphatic carbocycles. The Morgan fingerprint density at radius 2 is 2.05 bits per heavy atom. The quantitative estimate of drug-likeness (QED) is 0.812. The minimum absolute atomic E-state index is 0.178. The number of halogens is 1. The highest BCUT2D eigenvalue weighted by Gasteiger charge is 2.21. The van der Waals surface area contributed by atoms with E-state index in [1.165, 1.54) is 17.5 Å².